The minimum Gasteiger partial charge on any atom is -0.501 e. The number of H-pyrrole nitrogens is 1. The van der Waals surface area contributed by atoms with E-state index in [4.69, 9.17) is 14.6 Å². The van der Waals surface area contributed by atoms with Crippen LogP contribution in [-0.4, -0.2) is 32.2 Å². The second-order valence-corrected chi connectivity index (χ2v) is 8.12. The lowest BCUT2D eigenvalue weighted by Gasteiger charge is -2.10. The maximum absolute atomic E-state index is 12.4. The van der Waals surface area contributed by atoms with Crippen molar-refractivity contribution < 1.29 is 29.3 Å². The number of carbonyl (C=O) groups is 2. The smallest absolute Gasteiger partial charge is 0.412 e. The highest BCUT2D eigenvalue weighted by Gasteiger charge is 2.20. The Kier molecular flexibility index (Phi) is 7.07. The molecule has 11 heteroatoms. The maximum atomic E-state index is 12.4. The zero-order chi connectivity index (χ0) is 24.8. The van der Waals surface area contributed by atoms with Gasteiger partial charge in [0, 0.05) is 0 Å². The van der Waals surface area contributed by atoms with E-state index in [-0.39, 0.29) is 23.0 Å². The van der Waals surface area contributed by atoms with E-state index in [1.807, 2.05) is 30.3 Å². The van der Waals surface area contributed by atoms with Crippen LogP contribution in [0, 0.1) is 0 Å². The molecule has 2 aromatic carbocycles. The van der Waals surface area contributed by atoms with Crippen LogP contribution in [-0.2, 0) is 18.0 Å². The minimum absolute atomic E-state index is 0.0225. The van der Waals surface area contributed by atoms with Gasteiger partial charge in [0.25, 0.3) is 5.56 Å². The molecule has 178 valence electrons. The van der Waals surface area contributed by atoms with Crippen LogP contribution in [0.4, 0.5) is 10.5 Å². The maximum Gasteiger partial charge on any atom is 0.412 e. The van der Waals surface area contributed by atoms with Crippen LogP contribution in [0.1, 0.15) is 21.6 Å². The summed E-state index contributed by atoms with van der Waals surface area (Å²) in [6.45, 7) is 0.384. The molecule has 4 rings (SSSR count). The standard InChI is InChI=1S/C24H19N3O7S/c28-19-18(23(30)31)26-21(27-22(19)29)20-17(9-10-35-20)25-24(32)34-13-15-7-4-8-16(11-15)33-12-14-5-2-1-3-6-14/h1-11,28H,12-13H2,(H,25,32)(H,30,31)(H,26,27,29). The number of amides is 1. The van der Waals surface area contributed by atoms with Crippen LogP contribution in [0.2, 0.25) is 0 Å². The van der Waals surface area contributed by atoms with Gasteiger partial charge < -0.3 is 24.7 Å². The van der Waals surface area contributed by atoms with E-state index in [1.54, 1.807) is 35.7 Å². The molecule has 0 bridgehead atoms. The Morgan fingerprint density at radius 2 is 1.80 bits per heavy atom. The Balaban J connectivity index is 1.39. The number of nitrogens with zero attached hydrogens (tertiary/aromatic N) is 1. The number of carboxylic acids is 1. The molecule has 0 atom stereocenters. The number of aromatic amines is 1. The molecule has 0 aliphatic carbocycles. The summed E-state index contributed by atoms with van der Waals surface area (Å²) in [5, 5.41) is 22.9. The van der Waals surface area contributed by atoms with Crippen molar-refractivity contribution in [2.75, 3.05) is 5.32 Å². The molecule has 2 heterocycles. The number of aromatic hydroxyl groups is 1. The van der Waals surface area contributed by atoms with Crippen molar-refractivity contribution in [1.29, 1.82) is 0 Å². The van der Waals surface area contributed by atoms with E-state index in [0.717, 1.165) is 16.9 Å². The van der Waals surface area contributed by atoms with Gasteiger partial charge in [0.1, 0.15) is 19.0 Å². The number of nitrogens with one attached hydrogen (secondary N) is 2. The summed E-state index contributed by atoms with van der Waals surface area (Å²) in [6.07, 6.45) is -0.764. The highest BCUT2D eigenvalue weighted by molar-refractivity contribution is 7.14. The van der Waals surface area contributed by atoms with E-state index in [1.165, 1.54) is 0 Å². The van der Waals surface area contributed by atoms with Gasteiger partial charge in [0.2, 0.25) is 5.75 Å². The summed E-state index contributed by atoms with van der Waals surface area (Å²) in [5.41, 5.74) is 0.195. The largest absolute Gasteiger partial charge is 0.501 e. The molecule has 0 unspecified atom stereocenters. The topological polar surface area (TPSA) is 151 Å². The number of thiophene rings is 1. The lowest BCUT2D eigenvalue weighted by molar-refractivity contribution is 0.0686. The van der Waals surface area contributed by atoms with Crippen molar-refractivity contribution in [3.8, 4) is 22.2 Å². The van der Waals surface area contributed by atoms with Gasteiger partial charge in [-0.3, -0.25) is 10.1 Å². The quantitative estimate of drug-likeness (QED) is 0.285. The predicted molar refractivity (Wildman–Crippen MR) is 128 cm³/mol. The molecule has 0 spiro atoms. The molecule has 4 aromatic rings. The minimum atomic E-state index is -1.56. The van der Waals surface area contributed by atoms with Crippen LogP contribution in [0.5, 0.6) is 11.5 Å². The van der Waals surface area contributed by atoms with Gasteiger partial charge in [0.05, 0.1) is 10.6 Å². The molecule has 0 fully saturated rings. The SMILES string of the molecule is O=C(Nc1ccsc1-c1nc(C(=O)O)c(O)c(=O)[nH]1)OCc1cccc(OCc2ccccc2)c1. The number of aromatic nitrogens is 2. The predicted octanol–water partition coefficient (Wildman–Crippen LogP) is 4.23. The first-order valence-electron chi connectivity index (χ1n) is 10.2. The molecular weight excluding hydrogens is 474 g/mol. The highest BCUT2D eigenvalue weighted by Crippen LogP contribution is 2.31. The fourth-order valence-electron chi connectivity index (χ4n) is 3.08. The van der Waals surface area contributed by atoms with Gasteiger partial charge in [-0.15, -0.1) is 11.3 Å². The molecule has 0 saturated heterocycles. The Morgan fingerprint density at radius 1 is 1.03 bits per heavy atom. The molecule has 4 N–H and O–H groups in total. The first-order chi connectivity index (χ1) is 16.9. The number of anilines is 1. The summed E-state index contributed by atoms with van der Waals surface area (Å²) in [4.78, 5) is 41.9. The lowest BCUT2D eigenvalue weighted by Crippen LogP contribution is -2.16. The monoisotopic (exact) mass is 493 g/mol. The van der Waals surface area contributed by atoms with E-state index in [0.29, 0.717) is 17.9 Å². The van der Waals surface area contributed by atoms with Gasteiger partial charge in [-0.25, -0.2) is 14.6 Å². The van der Waals surface area contributed by atoms with Crippen molar-refractivity contribution in [3.05, 3.63) is 93.2 Å². The zero-order valence-corrected chi connectivity index (χ0v) is 18.9. The average molecular weight is 493 g/mol. The average Bonchev–Trinajstić information content (AvgIpc) is 3.32. The van der Waals surface area contributed by atoms with E-state index >= 15 is 0 Å². The van der Waals surface area contributed by atoms with Crippen molar-refractivity contribution in [3.63, 3.8) is 0 Å². The summed E-state index contributed by atoms with van der Waals surface area (Å²) < 4.78 is 11.1. The van der Waals surface area contributed by atoms with Crippen molar-refractivity contribution >= 4 is 29.1 Å². The molecule has 0 aliphatic rings. The van der Waals surface area contributed by atoms with Crippen LogP contribution >= 0.6 is 11.3 Å². The Bertz CT molecular complexity index is 1420. The number of carboxylic acid groups (broad SMARTS) is 1. The molecule has 10 nitrogen and oxygen atoms in total. The summed E-state index contributed by atoms with van der Waals surface area (Å²) >= 11 is 1.11. The third-order valence-corrected chi connectivity index (χ3v) is 5.65. The van der Waals surface area contributed by atoms with Crippen LogP contribution in [0.15, 0.2) is 70.8 Å². The molecule has 35 heavy (non-hydrogen) atoms. The van der Waals surface area contributed by atoms with Crippen molar-refractivity contribution in [1.82, 2.24) is 9.97 Å². The third-order valence-electron chi connectivity index (χ3n) is 4.73. The fourth-order valence-corrected chi connectivity index (χ4v) is 3.87. The molecule has 0 radical (unpaired) electrons. The zero-order valence-electron chi connectivity index (χ0n) is 18.1. The first-order valence-corrected chi connectivity index (χ1v) is 11.1. The lowest BCUT2D eigenvalue weighted by atomic mass is 10.2. The number of benzene rings is 2. The first kappa shape index (κ1) is 23.5. The molecule has 2 aromatic heterocycles. The summed E-state index contributed by atoms with van der Waals surface area (Å²) in [5.74, 6) is -2.04. The normalized spacial score (nSPS) is 10.5. The molecule has 0 aliphatic heterocycles. The number of ether oxygens (including phenoxy) is 2. The van der Waals surface area contributed by atoms with Gasteiger partial charge in [-0.05, 0) is 34.7 Å². The van der Waals surface area contributed by atoms with Gasteiger partial charge >= 0.3 is 12.1 Å². The number of hydrogen-bond acceptors (Lipinski definition) is 8. The van der Waals surface area contributed by atoms with Crippen LogP contribution < -0.4 is 15.6 Å². The molecule has 0 saturated carbocycles. The number of aromatic carboxylic acids is 1. The second kappa shape index (κ2) is 10.5. The van der Waals surface area contributed by atoms with E-state index in [9.17, 15) is 19.5 Å². The Labute approximate surface area is 202 Å². The number of rotatable bonds is 8. The summed E-state index contributed by atoms with van der Waals surface area (Å²) in [7, 11) is 0. The fraction of sp³-hybridized carbons (Fsp3) is 0.0833. The Morgan fingerprint density at radius 3 is 2.57 bits per heavy atom. The van der Waals surface area contributed by atoms with Gasteiger partial charge in [-0.2, -0.15) is 0 Å². The van der Waals surface area contributed by atoms with Gasteiger partial charge in [0.15, 0.2) is 11.5 Å². The van der Waals surface area contributed by atoms with E-state index in [2.05, 4.69) is 15.3 Å². The van der Waals surface area contributed by atoms with Crippen LogP contribution in [0.3, 0.4) is 0 Å². The number of hydrogen-bond donors (Lipinski definition) is 4. The second-order valence-electron chi connectivity index (χ2n) is 7.20. The highest BCUT2D eigenvalue weighted by atomic mass is 32.1. The van der Waals surface area contributed by atoms with Crippen molar-refractivity contribution in [2.24, 2.45) is 0 Å². The molecule has 1 amide bonds. The third kappa shape index (κ3) is 5.84. The van der Waals surface area contributed by atoms with E-state index < -0.39 is 29.1 Å². The number of carbonyl (C=O) groups excluding carboxylic acids is 1. The Hall–Kier alpha value is -4.64. The molecular formula is C24H19N3O7S. The summed E-state index contributed by atoms with van der Waals surface area (Å²) in [6, 6.07) is 18.4. The van der Waals surface area contributed by atoms with Crippen molar-refractivity contribution in [2.45, 2.75) is 13.2 Å². The van der Waals surface area contributed by atoms with Gasteiger partial charge in [-0.1, -0.05) is 42.5 Å². The van der Waals surface area contributed by atoms with Crippen LogP contribution in [0.25, 0.3) is 10.7 Å².